The van der Waals surface area contributed by atoms with Crippen molar-refractivity contribution in [1.82, 2.24) is 0 Å². The number of rotatable bonds is 7. The molecule has 0 aliphatic carbocycles. The van der Waals surface area contributed by atoms with E-state index in [1.165, 1.54) is 4.90 Å². The van der Waals surface area contributed by atoms with Gasteiger partial charge in [0.1, 0.15) is 34.5 Å². The van der Waals surface area contributed by atoms with Crippen LogP contribution in [-0.4, -0.2) is 13.4 Å². The number of nitrogens with zero attached hydrogens (tertiary/aromatic N) is 3. The van der Waals surface area contributed by atoms with Crippen LogP contribution in [0.1, 0.15) is 353 Å². The lowest BCUT2D eigenvalue weighted by atomic mass is 9.32. The molecular formula is C108H135B2N3O3. The molecule has 0 saturated heterocycles. The molecule has 0 radical (unpaired) electrons. The summed E-state index contributed by atoms with van der Waals surface area (Å²) in [4.78, 5) is 3.47. The Bertz CT molecular complexity index is 6890. The molecule has 4 heterocycles. The first kappa shape index (κ1) is 55.7. The molecule has 0 aromatic heterocycles. The highest BCUT2D eigenvalue weighted by Crippen LogP contribution is 2.53. The molecule has 0 spiro atoms. The van der Waals surface area contributed by atoms with E-state index in [1.54, 1.807) is 249 Å². The van der Waals surface area contributed by atoms with Crippen molar-refractivity contribution in [3.05, 3.63) is 230 Å². The van der Waals surface area contributed by atoms with Gasteiger partial charge in [-0.2, -0.15) is 0 Å². The van der Waals surface area contributed by atoms with Crippen LogP contribution in [0.15, 0.2) is 163 Å². The molecule has 0 N–H and O–H groups in total. The summed E-state index contributed by atoms with van der Waals surface area (Å²) in [5.74, 6) is -3.49. The molecule has 14 rings (SSSR count). The Hall–Kier alpha value is -8.87. The standard InChI is InChI=1S/C108H135B2N3O3/c1-97(2,3)64-37-39-83-89(56-64)114-92-59-81(111(76-46-66(99(7,8)9)41-67(47-76)100(10,11)12)77-48-68(101(13,14)15)42-69(49-77)102(16,17)18)58-88-95(92)109(83)85-63-91-86(62-87(85)113(88)80-54-74(107(31,32)33)45-75(55-80)108(34,35)36)110-84-40-38-65(98(4,5)6)57-90(84)115-93-60-82(61-94(116-91)96(93)110)112(78-50-70(103(19,20)21)43-71(51-78)104(22,23)24)79-52-72(105(25,26)27)44-73(53-79)106(28,29)30/h37-63H,1-36H3/i37D,38D,39D,40D,41D,42D,43D,44D,45D,46D,47D,48D,49D,50D,51D,52D,53D,54D,55D,56D,57D,58D,59D,60D,61D,62D,63D. The zero-order valence-corrected chi connectivity index (χ0v) is 75.7. The summed E-state index contributed by atoms with van der Waals surface area (Å²) in [7, 11) is 0. The van der Waals surface area contributed by atoms with Gasteiger partial charge in [-0.1, -0.05) is 304 Å². The molecule has 0 atom stereocenters. The van der Waals surface area contributed by atoms with Gasteiger partial charge < -0.3 is 28.9 Å². The van der Waals surface area contributed by atoms with Crippen LogP contribution in [0, 0.1) is 0 Å². The number of fused-ring (bicyclic) bond motifs is 8. The first-order valence-electron chi connectivity index (χ1n) is 54.5. The van der Waals surface area contributed by atoms with Gasteiger partial charge in [-0.15, -0.1) is 0 Å². The molecular weight excluding hydrogens is 1410 g/mol. The van der Waals surface area contributed by atoms with Gasteiger partial charge in [-0.05, 0) is 250 Å². The molecule has 116 heavy (non-hydrogen) atoms. The minimum absolute atomic E-state index is 0.00476. The molecule has 0 unspecified atom stereocenters. The minimum Gasteiger partial charge on any atom is -0.458 e. The Labute approximate surface area is 739 Å². The highest BCUT2D eigenvalue weighted by Gasteiger charge is 2.49. The third kappa shape index (κ3) is 15.7. The van der Waals surface area contributed by atoms with E-state index in [9.17, 15) is 37.0 Å². The first-order valence-corrected chi connectivity index (χ1v) is 41.0. The summed E-state index contributed by atoms with van der Waals surface area (Å²) < 4.78 is 317. The Morgan fingerprint density at radius 1 is 0.216 bits per heavy atom. The van der Waals surface area contributed by atoms with Crippen LogP contribution in [-0.2, 0) is 65.0 Å². The fourth-order valence-corrected chi connectivity index (χ4v) is 14.2. The monoisotopic (exact) mass is 1570 g/mol. The molecule has 10 aromatic rings. The molecule has 0 saturated carbocycles. The lowest BCUT2D eigenvalue weighted by Gasteiger charge is -2.43. The highest BCUT2D eigenvalue weighted by atomic mass is 16.5. The zero-order valence-electron chi connectivity index (χ0n) is 103. The summed E-state index contributed by atoms with van der Waals surface area (Å²) in [6, 6.07) is -14.5. The quantitative estimate of drug-likeness (QED) is 0.148. The average Bonchev–Trinajstić information content (AvgIpc) is 0.662. The largest absolute Gasteiger partial charge is 0.458 e. The zero-order chi connectivity index (χ0) is 109. The highest BCUT2D eigenvalue weighted by molar-refractivity contribution is 7.01. The van der Waals surface area contributed by atoms with Crippen LogP contribution < -0.4 is 61.7 Å². The fraction of sp³-hybridized carbons (Fsp3) is 0.444. The van der Waals surface area contributed by atoms with Gasteiger partial charge in [-0.25, -0.2) is 0 Å². The smallest absolute Gasteiger partial charge is 0.260 e. The molecule has 0 bridgehead atoms. The topological polar surface area (TPSA) is 37.4 Å². The predicted octanol–water partition coefficient (Wildman–Crippen LogP) is 27.3. The Kier molecular flexibility index (Phi) is 13.1. The summed E-state index contributed by atoms with van der Waals surface area (Å²) in [5, 5.41) is 0. The average molecular weight is 1570 g/mol. The van der Waals surface area contributed by atoms with E-state index in [4.69, 9.17) is 14.2 Å². The van der Waals surface area contributed by atoms with Crippen LogP contribution in [0.5, 0.6) is 34.5 Å². The van der Waals surface area contributed by atoms with E-state index < -0.39 is 308 Å². The third-order valence-electron chi connectivity index (χ3n) is 21.6. The second-order valence-corrected chi connectivity index (χ2v) is 44.6. The fourth-order valence-electron chi connectivity index (χ4n) is 14.2. The Morgan fingerprint density at radius 2 is 0.457 bits per heavy atom. The van der Waals surface area contributed by atoms with Gasteiger partial charge >= 0.3 is 0 Å². The predicted molar refractivity (Wildman–Crippen MR) is 504 cm³/mol. The normalized spacial score (nSPS) is 17.8. The van der Waals surface area contributed by atoms with Crippen molar-refractivity contribution in [3.8, 4) is 34.5 Å². The van der Waals surface area contributed by atoms with Gasteiger partial charge in [0.15, 0.2) is 0 Å². The number of benzene rings is 10. The third-order valence-corrected chi connectivity index (χ3v) is 21.6. The Morgan fingerprint density at radius 3 is 0.741 bits per heavy atom. The maximum absolute atomic E-state index is 12.1. The van der Waals surface area contributed by atoms with Crippen molar-refractivity contribution in [1.29, 1.82) is 0 Å². The Balaban J connectivity index is 1.32. The van der Waals surface area contributed by atoms with Crippen LogP contribution in [0.25, 0.3) is 0 Å². The number of hydrogen-bond acceptors (Lipinski definition) is 6. The number of hydrogen-bond donors (Lipinski definition) is 0. The van der Waals surface area contributed by atoms with Crippen LogP contribution in [0.4, 0.5) is 51.2 Å². The summed E-state index contributed by atoms with van der Waals surface area (Å²) in [6.45, 7) is 59.5. The van der Waals surface area contributed by atoms with Gasteiger partial charge in [0, 0.05) is 63.4 Å². The van der Waals surface area contributed by atoms with Gasteiger partial charge in [-0.3, -0.25) is 0 Å². The van der Waals surface area contributed by atoms with Crippen molar-refractivity contribution >= 4 is 97.4 Å². The minimum atomic E-state index is -2.01. The summed E-state index contributed by atoms with van der Waals surface area (Å²) >= 11 is 0. The lowest BCUT2D eigenvalue weighted by molar-refractivity contribution is 0.463. The summed E-state index contributed by atoms with van der Waals surface area (Å²) in [6.07, 6.45) is 0. The van der Waals surface area contributed by atoms with E-state index in [0.717, 1.165) is 9.80 Å². The van der Waals surface area contributed by atoms with Crippen LogP contribution in [0.2, 0.25) is 0 Å². The van der Waals surface area contributed by atoms with Crippen LogP contribution in [0.3, 0.4) is 0 Å². The lowest BCUT2D eigenvalue weighted by Crippen LogP contribution is -2.62. The van der Waals surface area contributed by atoms with E-state index in [2.05, 4.69) is 0 Å². The van der Waals surface area contributed by atoms with Gasteiger partial charge in [0.2, 0.25) is 0 Å². The van der Waals surface area contributed by atoms with Crippen LogP contribution >= 0.6 is 0 Å². The SMILES string of the molecule is [2H]c1c([2H])c(C(C)(C)C)c([2H])c2c1B1c3c([2H])c4c(c([2H])c3Oc3c([2H])c(N(c5c([2H])c(C(C)(C)C)c([2H])c(C(C)(C)C)c5[2H])c5c([2H])c(C(C)(C)C)c([2H])c(C(C)(C)C)c5[2H])c([2H])c(c31)O2)B1c2c([2H])c([2H])c(C(C)(C)C)c([2H])c2Oc2c([2H])c(N(c3c([2H])c(C(C)(C)C)c([2H])c(C(C)(C)C)c3[2H])c3c([2H])c(C(C)(C)C)c([2H])c(C(C)(C)C)c3[2H])c([2H])c(c21)N4c1c([2H])c(C(C)(C)C)c([2H])c(C(C)(C)C)c1[2H]. The number of anilines is 9. The van der Waals surface area contributed by atoms with Crippen molar-refractivity contribution in [3.63, 3.8) is 0 Å². The van der Waals surface area contributed by atoms with Crippen molar-refractivity contribution < 1.29 is 51.2 Å². The van der Waals surface area contributed by atoms with E-state index in [1.807, 2.05) is 0 Å². The number of ether oxygens (including phenoxy) is 3. The van der Waals surface area contributed by atoms with Gasteiger partial charge in [0.05, 0.1) is 48.4 Å². The maximum Gasteiger partial charge on any atom is 0.260 e. The summed E-state index contributed by atoms with van der Waals surface area (Å²) in [5.41, 5.74) is -20.6. The first-order chi connectivity index (χ1) is 64.5. The van der Waals surface area contributed by atoms with Crippen molar-refractivity contribution in [2.75, 3.05) is 14.7 Å². The molecule has 4 aliphatic heterocycles. The molecule has 10 aromatic carbocycles. The maximum atomic E-state index is 12.1. The molecule has 0 amide bonds. The second-order valence-electron chi connectivity index (χ2n) is 44.6. The van der Waals surface area contributed by atoms with Crippen molar-refractivity contribution in [2.45, 2.75) is 314 Å². The van der Waals surface area contributed by atoms with E-state index in [0.29, 0.717) is 0 Å². The molecule has 0 fully saturated rings. The van der Waals surface area contributed by atoms with E-state index >= 15 is 0 Å². The second kappa shape index (κ2) is 27.3. The van der Waals surface area contributed by atoms with Crippen molar-refractivity contribution in [2.24, 2.45) is 0 Å². The molecule has 606 valence electrons. The molecule has 4 aliphatic rings. The molecule has 6 nitrogen and oxygen atoms in total. The van der Waals surface area contributed by atoms with Gasteiger partial charge in [0.25, 0.3) is 13.4 Å². The molecule has 8 heteroatoms. The van der Waals surface area contributed by atoms with E-state index in [-0.39, 0.29) is 119 Å².